The Morgan fingerprint density at radius 3 is 0.681 bits per heavy atom. The van der Waals surface area contributed by atoms with E-state index in [4.69, 9.17) is 26.5 Å². The van der Waals surface area contributed by atoms with Crippen molar-refractivity contribution in [2.45, 2.75) is 66.2 Å². The molecule has 22 aromatic carbocycles. The third-order valence-electron chi connectivity index (χ3n) is 29.3. The third-order valence-corrected chi connectivity index (χ3v) is 29.3. The van der Waals surface area contributed by atoms with E-state index in [2.05, 4.69) is 512 Å². The molecule has 28 aromatic rings. The molecule has 0 bridgehead atoms. The van der Waals surface area contributed by atoms with Crippen molar-refractivity contribution >= 4 is 243 Å². The smallest absolute Gasteiger partial charge is 0.159 e. The standard InChI is InChI=1S/C76H58N2O3.C58H38N2O3/c1-75(2,3)63-25-13-21-59-61-23-15-27-65(73(61)80-71(59)63)77(53-35-29-49(30-36-53)47-17-9-7-10-18-47)55-39-41-57-51(45-55)33-43-67-69(57)70-58-42-40-56(46-52(58)34-44-68(70)79-67)78(54-37-31-50(32-38-54)48-19-11-8-12-20-48)66-28-16-24-62-60-22-14-26-64(76(4,5)6)72(60)81-74(62)66;1-35-13-9-19-45-47-21-11-23-49(57(47)62-55(35)45)59(39-15-5-3-6-16-39)41-27-29-43-37(33-41)25-31-51-53(43)54-44-30-28-42(34-38(44)26-32-52(54)61-51)60(40-17-7-4-8-18-40)50-24-12-22-48-46-20-10-14-36(2)56(46)63-58(48)50/h7-46H,1-6H3;3-34H,1-2H3. The van der Waals surface area contributed by atoms with E-state index in [0.717, 1.165) is 265 Å². The summed E-state index contributed by atoms with van der Waals surface area (Å²) in [6, 6.07) is 156. The minimum absolute atomic E-state index is 0.103. The maximum absolute atomic E-state index is 7.06. The van der Waals surface area contributed by atoms with E-state index >= 15 is 0 Å². The molecule has 0 aliphatic heterocycles. The summed E-state index contributed by atoms with van der Waals surface area (Å²) in [6.45, 7) is 17.7. The molecule has 6 aromatic heterocycles. The number of hydrogen-bond donors (Lipinski definition) is 0. The van der Waals surface area contributed by atoms with Crippen LogP contribution >= 0.6 is 0 Å². The fourth-order valence-electron chi connectivity index (χ4n) is 22.5. The van der Waals surface area contributed by atoms with Crippen LogP contribution < -0.4 is 19.6 Å². The molecule has 0 aliphatic carbocycles. The molecule has 0 spiro atoms. The van der Waals surface area contributed by atoms with E-state index < -0.39 is 0 Å². The van der Waals surface area contributed by atoms with Gasteiger partial charge in [-0.05, 0) is 247 Å². The summed E-state index contributed by atoms with van der Waals surface area (Å²) in [5.74, 6) is 0. The Bertz CT molecular complexity index is 9460. The molecule has 0 N–H and O–H groups in total. The highest BCUT2D eigenvalue weighted by atomic mass is 16.4. The third kappa shape index (κ3) is 14.0. The van der Waals surface area contributed by atoms with Crippen LogP contribution in [0.4, 0.5) is 68.2 Å². The van der Waals surface area contributed by atoms with Gasteiger partial charge in [0.1, 0.15) is 44.7 Å². The van der Waals surface area contributed by atoms with Gasteiger partial charge in [0.2, 0.25) is 0 Å². The molecule has 0 amide bonds. The van der Waals surface area contributed by atoms with E-state index in [1.54, 1.807) is 0 Å². The largest absolute Gasteiger partial charge is 0.456 e. The number of anilines is 12. The molecule has 0 saturated carbocycles. The van der Waals surface area contributed by atoms with E-state index in [9.17, 15) is 0 Å². The first-order valence-corrected chi connectivity index (χ1v) is 49.5. The number of furan rings is 6. The van der Waals surface area contributed by atoms with Crippen LogP contribution in [-0.4, -0.2) is 0 Å². The van der Waals surface area contributed by atoms with E-state index in [0.29, 0.717) is 0 Å². The van der Waals surface area contributed by atoms with Gasteiger partial charge in [-0.2, -0.15) is 0 Å². The van der Waals surface area contributed by atoms with Crippen molar-refractivity contribution in [2.24, 2.45) is 0 Å². The Balaban J connectivity index is 0.000000148. The van der Waals surface area contributed by atoms with Gasteiger partial charge < -0.3 is 46.1 Å². The zero-order valence-electron chi connectivity index (χ0n) is 80.8. The van der Waals surface area contributed by atoms with Crippen LogP contribution in [0.25, 0.3) is 197 Å². The lowest BCUT2D eigenvalue weighted by atomic mass is 9.86. The van der Waals surface area contributed by atoms with Crippen LogP contribution in [0, 0.1) is 13.8 Å². The van der Waals surface area contributed by atoms with E-state index in [1.807, 2.05) is 0 Å². The highest BCUT2D eigenvalue weighted by molar-refractivity contribution is 6.29. The lowest BCUT2D eigenvalue weighted by molar-refractivity contribution is 0.572. The fraction of sp³-hybridized carbons (Fsp3) is 0.0746. The zero-order valence-corrected chi connectivity index (χ0v) is 80.8. The predicted molar refractivity (Wildman–Crippen MR) is 603 cm³/mol. The van der Waals surface area contributed by atoms with Gasteiger partial charge >= 0.3 is 0 Å². The van der Waals surface area contributed by atoms with Crippen molar-refractivity contribution in [3.8, 4) is 22.3 Å². The lowest BCUT2D eigenvalue weighted by Crippen LogP contribution is -2.11. The highest BCUT2D eigenvalue weighted by Crippen LogP contribution is 2.54. The molecular weight excluding hydrogens is 1760 g/mol. The predicted octanol–water partition coefficient (Wildman–Crippen LogP) is 39.8. The topological polar surface area (TPSA) is 91.8 Å². The molecule has 144 heavy (non-hydrogen) atoms. The van der Waals surface area contributed by atoms with Crippen molar-refractivity contribution in [1.82, 2.24) is 0 Å². The summed E-state index contributed by atoms with van der Waals surface area (Å²) in [5, 5.41) is 22.2. The molecule has 28 rings (SSSR count). The van der Waals surface area contributed by atoms with Crippen molar-refractivity contribution in [3.63, 3.8) is 0 Å². The number of aryl methyl sites for hydroxylation is 2. The van der Waals surface area contributed by atoms with Crippen LogP contribution in [0.2, 0.25) is 0 Å². The molecule has 10 nitrogen and oxygen atoms in total. The molecule has 0 radical (unpaired) electrons. The molecule has 0 unspecified atom stereocenters. The van der Waals surface area contributed by atoms with Crippen LogP contribution in [0.1, 0.15) is 63.8 Å². The summed E-state index contributed by atoms with van der Waals surface area (Å²) in [5.41, 5.74) is 31.8. The second-order valence-corrected chi connectivity index (χ2v) is 40.2. The van der Waals surface area contributed by atoms with Crippen molar-refractivity contribution in [3.05, 3.63) is 459 Å². The molecular formula is C134H96N4O6. The molecule has 0 aliphatic rings. The van der Waals surface area contributed by atoms with Gasteiger partial charge in [0, 0.05) is 121 Å². The summed E-state index contributed by atoms with van der Waals surface area (Å²) in [6.07, 6.45) is 0. The Morgan fingerprint density at radius 2 is 0.396 bits per heavy atom. The zero-order chi connectivity index (χ0) is 96.5. The first-order valence-electron chi connectivity index (χ1n) is 49.5. The second-order valence-electron chi connectivity index (χ2n) is 40.2. The summed E-state index contributed by atoms with van der Waals surface area (Å²) in [7, 11) is 0. The van der Waals surface area contributed by atoms with Crippen LogP contribution in [-0.2, 0) is 10.8 Å². The quantitative estimate of drug-likeness (QED) is 0.105. The maximum Gasteiger partial charge on any atom is 0.159 e. The first kappa shape index (κ1) is 85.1. The van der Waals surface area contributed by atoms with Gasteiger partial charge in [-0.25, -0.2) is 0 Å². The summed E-state index contributed by atoms with van der Waals surface area (Å²) >= 11 is 0. The highest BCUT2D eigenvalue weighted by Gasteiger charge is 2.31. The lowest BCUT2D eigenvalue weighted by Gasteiger charge is -2.26. The summed E-state index contributed by atoms with van der Waals surface area (Å²) in [4.78, 5) is 9.31. The number of para-hydroxylation sites is 10. The number of fused-ring (bicyclic) bond motifs is 26. The number of hydrogen-bond acceptors (Lipinski definition) is 10. The monoisotopic (exact) mass is 1860 g/mol. The summed E-state index contributed by atoms with van der Waals surface area (Å²) < 4.78 is 40.9. The Hall–Kier alpha value is -18.1. The van der Waals surface area contributed by atoms with E-state index in [1.165, 1.54) is 22.3 Å². The molecule has 688 valence electrons. The Kier molecular flexibility index (Phi) is 19.7. The molecule has 0 saturated heterocycles. The normalized spacial score (nSPS) is 12.2. The van der Waals surface area contributed by atoms with Crippen molar-refractivity contribution in [1.29, 1.82) is 0 Å². The average molecular weight is 1860 g/mol. The van der Waals surface area contributed by atoms with Crippen molar-refractivity contribution in [2.75, 3.05) is 19.6 Å². The van der Waals surface area contributed by atoms with Gasteiger partial charge in [-0.1, -0.05) is 333 Å². The van der Waals surface area contributed by atoms with Crippen LogP contribution in [0.3, 0.4) is 0 Å². The number of nitrogens with zero attached hydrogens (tertiary/aromatic N) is 4. The first-order chi connectivity index (χ1) is 70.5. The Labute approximate surface area is 830 Å². The SMILES string of the molecule is CC(C)(C)c1cccc2c1oc1c(N(c3ccc(-c4ccccc4)cc3)c3ccc4c(ccc5oc6ccc7cc(N(c8ccc(-c9ccccc9)cc8)c8cccc9c8oc8c(C(C)(C)C)cccc89)ccc7c6c54)c3)cccc12.Cc1cccc2c1oc1c(N(c3ccccc3)c3ccc4c(ccc5oc6ccc7cc(N(c8ccccc8)c8cccc9c8oc8c(C)cccc89)ccc7c6c54)c3)cccc12. The molecule has 0 fully saturated rings. The minimum atomic E-state index is -0.103. The minimum Gasteiger partial charge on any atom is -0.456 e. The fourth-order valence-corrected chi connectivity index (χ4v) is 22.5. The molecule has 6 heterocycles. The second kappa shape index (κ2) is 33.3. The van der Waals surface area contributed by atoms with Crippen molar-refractivity contribution < 1.29 is 26.5 Å². The Morgan fingerprint density at radius 1 is 0.167 bits per heavy atom. The molecule has 10 heteroatoms. The van der Waals surface area contributed by atoms with Gasteiger partial charge in [0.05, 0.1) is 22.7 Å². The van der Waals surface area contributed by atoms with Gasteiger partial charge in [-0.15, -0.1) is 0 Å². The van der Waals surface area contributed by atoms with Gasteiger partial charge in [0.25, 0.3) is 0 Å². The van der Waals surface area contributed by atoms with E-state index in [-0.39, 0.29) is 10.8 Å². The number of benzene rings is 22. The average Bonchev–Trinajstić information content (AvgIpc) is 1.56. The van der Waals surface area contributed by atoms with Gasteiger partial charge in [0.15, 0.2) is 22.3 Å². The van der Waals surface area contributed by atoms with Crippen LogP contribution in [0.5, 0.6) is 0 Å². The maximum atomic E-state index is 7.06. The van der Waals surface area contributed by atoms with Crippen LogP contribution in [0.15, 0.2) is 463 Å². The molecule has 0 atom stereocenters. The number of rotatable bonds is 14. The van der Waals surface area contributed by atoms with Gasteiger partial charge in [-0.3, -0.25) is 0 Å².